The van der Waals surface area contributed by atoms with Gasteiger partial charge in [0.15, 0.2) is 5.12 Å². The van der Waals surface area contributed by atoms with E-state index in [1.807, 2.05) is 6.92 Å². The number of carbonyl (C=O) groups excluding carboxylic acids is 2. The number of rotatable bonds is 4. The Morgan fingerprint density at radius 1 is 1.50 bits per heavy atom. The molecule has 0 fully saturated rings. The van der Waals surface area contributed by atoms with Crippen molar-refractivity contribution in [3.63, 3.8) is 0 Å². The van der Waals surface area contributed by atoms with Gasteiger partial charge in [-0.15, -0.1) is 0 Å². The van der Waals surface area contributed by atoms with Crippen LogP contribution >= 0.6 is 11.8 Å². The minimum absolute atomic E-state index is 0.0524. The molecule has 0 aliphatic carbocycles. The van der Waals surface area contributed by atoms with Gasteiger partial charge in [0.25, 0.3) is 0 Å². The Morgan fingerprint density at radius 3 is 2.88 bits per heavy atom. The van der Waals surface area contributed by atoms with E-state index in [1.54, 1.807) is 6.92 Å². The zero-order valence-corrected chi connectivity index (χ0v) is 10.1. The lowest BCUT2D eigenvalue weighted by Crippen LogP contribution is -2.11. The summed E-state index contributed by atoms with van der Waals surface area (Å²) in [5.41, 5.74) is 0.582. The fourth-order valence-electron chi connectivity index (χ4n) is 1.11. The predicted molar refractivity (Wildman–Crippen MR) is 61.5 cm³/mol. The second-order valence-electron chi connectivity index (χ2n) is 2.95. The highest BCUT2D eigenvalue weighted by atomic mass is 32.2. The molecule has 0 aliphatic heterocycles. The molecule has 5 nitrogen and oxygen atoms in total. The molecular formula is C10H14N2O3S. The Labute approximate surface area is 98.2 Å². The largest absolute Gasteiger partial charge is 0.449 e. The molecule has 0 spiro atoms. The first-order valence-electron chi connectivity index (χ1n) is 5.03. The van der Waals surface area contributed by atoms with Gasteiger partial charge < -0.3 is 4.74 Å². The van der Waals surface area contributed by atoms with E-state index >= 15 is 0 Å². The van der Waals surface area contributed by atoms with Crippen molar-refractivity contribution in [1.29, 1.82) is 0 Å². The third-order valence-corrected chi connectivity index (χ3v) is 2.50. The van der Waals surface area contributed by atoms with Gasteiger partial charge >= 0.3 is 6.09 Å². The molecule has 0 saturated heterocycles. The number of nitrogens with zero attached hydrogens (tertiary/aromatic N) is 2. The Balaban J connectivity index is 2.57. The van der Waals surface area contributed by atoms with Gasteiger partial charge in [0.05, 0.1) is 18.7 Å². The molecule has 1 aromatic rings. The highest BCUT2D eigenvalue weighted by Crippen LogP contribution is 2.07. The summed E-state index contributed by atoms with van der Waals surface area (Å²) < 4.78 is 6.03. The Morgan fingerprint density at radius 2 is 2.25 bits per heavy atom. The highest BCUT2D eigenvalue weighted by Gasteiger charge is 2.10. The molecule has 0 amide bonds. The van der Waals surface area contributed by atoms with Crippen molar-refractivity contribution in [2.24, 2.45) is 0 Å². The smallest absolute Gasteiger partial charge is 0.419 e. The van der Waals surface area contributed by atoms with Crippen LogP contribution < -0.4 is 0 Å². The summed E-state index contributed by atoms with van der Waals surface area (Å²) in [5.74, 6) is 0.747. The normalized spacial score (nSPS) is 10.1. The number of imidazole rings is 1. The highest BCUT2D eigenvalue weighted by molar-refractivity contribution is 8.13. The second-order valence-corrected chi connectivity index (χ2v) is 4.27. The van der Waals surface area contributed by atoms with Gasteiger partial charge in [-0.2, -0.15) is 0 Å². The second kappa shape index (κ2) is 6.32. The van der Waals surface area contributed by atoms with Crippen molar-refractivity contribution in [2.75, 3.05) is 12.4 Å². The van der Waals surface area contributed by atoms with Crippen LogP contribution in [0, 0.1) is 0 Å². The molecule has 0 radical (unpaired) electrons. The Bertz CT molecular complexity index is 376. The molecule has 0 N–H and O–H groups in total. The first-order chi connectivity index (χ1) is 7.67. The van der Waals surface area contributed by atoms with Gasteiger partial charge in [0.2, 0.25) is 0 Å². The zero-order valence-electron chi connectivity index (χ0n) is 9.30. The number of ether oxygens (including phenoxy) is 1. The average Bonchev–Trinajstić information content (AvgIpc) is 2.67. The van der Waals surface area contributed by atoms with Gasteiger partial charge in [-0.25, -0.2) is 14.3 Å². The third kappa shape index (κ3) is 3.69. The van der Waals surface area contributed by atoms with Crippen molar-refractivity contribution in [3.05, 3.63) is 18.2 Å². The van der Waals surface area contributed by atoms with Crippen molar-refractivity contribution in [2.45, 2.75) is 20.3 Å². The van der Waals surface area contributed by atoms with Gasteiger partial charge in [0, 0.05) is 6.20 Å². The monoisotopic (exact) mass is 242 g/mol. The van der Waals surface area contributed by atoms with Crippen molar-refractivity contribution < 1.29 is 14.3 Å². The van der Waals surface area contributed by atoms with E-state index in [9.17, 15) is 9.59 Å². The molecule has 0 saturated carbocycles. The molecule has 0 atom stereocenters. The predicted octanol–water partition coefficient (Wildman–Crippen LogP) is 1.71. The third-order valence-electron chi connectivity index (χ3n) is 1.75. The zero-order chi connectivity index (χ0) is 12.0. The molecule has 0 aromatic carbocycles. The molecule has 0 bridgehead atoms. The number of aromatic nitrogens is 2. The van der Waals surface area contributed by atoms with Gasteiger partial charge in [-0.3, -0.25) is 4.79 Å². The van der Waals surface area contributed by atoms with E-state index in [0.29, 0.717) is 12.3 Å². The Hall–Kier alpha value is -1.30. The molecule has 16 heavy (non-hydrogen) atoms. The molecule has 0 aliphatic rings. The summed E-state index contributed by atoms with van der Waals surface area (Å²) in [6.45, 7) is 3.97. The van der Waals surface area contributed by atoms with E-state index in [2.05, 4.69) is 4.98 Å². The average molecular weight is 242 g/mol. The maximum atomic E-state index is 11.3. The van der Waals surface area contributed by atoms with Crippen LogP contribution in [0.5, 0.6) is 0 Å². The molecule has 1 rings (SSSR count). The molecule has 1 aromatic heterocycles. The summed E-state index contributed by atoms with van der Waals surface area (Å²) in [5, 5.41) is 0.0524. The number of thioether (sulfide) groups is 1. The van der Waals surface area contributed by atoms with E-state index in [4.69, 9.17) is 4.74 Å². The minimum Gasteiger partial charge on any atom is -0.449 e. The van der Waals surface area contributed by atoms with Crippen LogP contribution in [0.3, 0.4) is 0 Å². The summed E-state index contributed by atoms with van der Waals surface area (Å²) in [6.07, 6.45) is 2.64. The van der Waals surface area contributed by atoms with Gasteiger partial charge in [-0.05, 0) is 12.7 Å². The quantitative estimate of drug-likeness (QED) is 0.804. The van der Waals surface area contributed by atoms with Crippen LogP contribution in [-0.4, -0.2) is 33.1 Å². The molecular weight excluding hydrogens is 228 g/mol. The van der Waals surface area contributed by atoms with E-state index in [1.165, 1.54) is 28.9 Å². The maximum absolute atomic E-state index is 11.3. The topological polar surface area (TPSA) is 61.2 Å². The molecule has 1 heterocycles. The number of hydrogen-bond donors (Lipinski definition) is 0. The van der Waals surface area contributed by atoms with Gasteiger partial charge in [0.1, 0.15) is 6.33 Å². The van der Waals surface area contributed by atoms with Crippen molar-refractivity contribution in [3.8, 4) is 0 Å². The van der Waals surface area contributed by atoms with Crippen LogP contribution in [0.1, 0.15) is 19.5 Å². The van der Waals surface area contributed by atoms with Crippen LogP contribution in [-0.2, 0) is 16.0 Å². The lowest BCUT2D eigenvalue weighted by molar-refractivity contribution is -0.110. The van der Waals surface area contributed by atoms with Crippen molar-refractivity contribution in [1.82, 2.24) is 9.55 Å². The number of hydrogen-bond acceptors (Lipinski definition) is 5. The molecule has 6 heteroatoms. The van der Waals surface area contributed by atoms with Crippen LogP contribution in [0.25, 0.3) is 0 Å². The first kappa shape index (κ1) is 12.8. The lowest BCUT2D eigenvalue weighted by Gasteiger charge is -1.99. The summed E-state index contributed by atoms with van der Waals surface area (Å²) in [7, 11) is 0. The SMILES string of the molecule is CCOC(=O)n1cnc(CC(=O)SCC)c1. The fourth-order valence-corrected chi connectivity index (χ4v) is 1.68. The standard InChI is InChI=1S/C10H14N2O3S/c1-3-15-10(14)12-6-8(11-7-12)5-9(13)16-4-2/h6-7H,3-5H2,1-2H3. The van der Waals surface area contributed by atoms with Crippen LogP contribution in [0.2, 0.25) is 0 Å². The molecule has 88 valence electrons. The minimum atomic E-state index is -0.475. The summed E-state index contributed by atoms with van der Waals surface area (Å²) >= 11 is 1.25. The lowest BCUT2D eigenvalue weighted by atomic mass is 10.4. The maximum Gasteiger partial charge on any atom is 0.419 e. The molecule has 0 unspecified atom stereocenters. The summed E-state index contributed by atoms with van der Waals surface area (Å²) in [4.78, 5) is 26.6. The van der Waals surface area contributed by atoms with Crippen LogP contribution in [0.15, 0.2) is 12.5 Å². The van der Waals surface area contributed by atoms with Crippen LogP contribution in [0.4, 0.5) is 4.79 Å². The fraction of sp³-hybridized carbons (Fsp3) is 0.500. The Kier molecular flexibility index (Phi) is 5.04. The van der Waals surface area contributed by atoms with E-state index in [-0.39, 0.29) is 11.5 Å². The van der Waals surface area contributed by atoms with Gasteiger partial charge in [-0.1, -0.05) is 18.7 Å². The van der Waals surface area contributed by atoms with Crippen molar-refractivity contribution >= 4 is 23.0 Å². The van der Waals surface area contributed by atoms with E-state index in [0.717, 1.165) is 5.75 Å². The summed E-state index contributed by atoms with van der Waals surface area (Å²) in [6, 6.07) is 0. The van der Waals surface area contributed by atoms with E-state index < -0.39 is 6.09 Å². The number of carbonyl (C=O) groups is 2. The first-order valence-corrected chi connectivity index (χ1v) is 6.01.